The van der Waals surface area contributed by atoms with Crippen LogP contribution in [0.15, 0.2) is 0 Å². The third-order valence-electron chi connectivity index (χ3n) is 17.8. The maximum atomic E-state index is 15.4. The van der Waals surface area contributed by atoms with Gasteiger partial charge in [0.2, 0.25) is 70.9 Å². The summed E-state index contributed by atoms with van der Waals surface area (Å²) in [5.41, 5.74) is 0. The molecule has 1 saturated heterocycles. The van der Waals surface area contributed by atoms with Gasteiger partial charge in [-0.2, -0.15) is 0 Å². The van der Waals surface area contributed by atoms with Crippen molar-refractivity contribution in [2.45, 2.75) is 254 Å². The Morgan fingerprint density at radius 2 is 0.839 bits per heavy atom. The summed E-state index contributed by atoms with van der Waals surface area (Å²) in [6.07, 6.45) is 2.01. The zero-order valence-electron chi connectivity index (χ0n) is 60.9. The molecule has 12 amide bonds. The first-order valence-corrected chi connectivity index (χ1v) is 33.7. The fourth-order valence-corrected chi connectivity index (χ4v) is 11.9. The number of aliphatic hydroxyl groups is 2. The third kappa shape index (κ3) is 24.7. The summed E-state index contributed by atoms with van der Waals surface area (Å²) in [6, 6.07) is -14.6. The third-order valence-corrected chi connectivity index (χ3v) is 17.8. The summed E-state index contributed by atoms with van der Waals surface area (Å²) in [5.74, 6) is -10.9. The Kier molecular flexibility index (Phi) is 35.9. The second kappa shape index (κ2) is 39.4. The number of hydrogen-bond acceptors (Lipinski definition) is 14. The van der Waals surface area contributed by atoms with Crippen LogP contribution in [0.3, 0.4) is 0 Å². The van der Waals surface area contributed by atoms with Crippen molar-refractivity contribution in [2.24, 2.45) is 41.4 Å². The maximum absolute atomic E-state index is 15.4. The van der Waals surface area contributed by atoms with Gasteiger partial charge in [0.15, 0.2) is 0 Å². The summed E-state index contributed by atoms with van der Waals surface area (Å²) >= 11 is 0. The number of rotatable bonds is 21. The van der Waals surface area contributed by atoms with Crippen LogP contribution < -0.4 is 26.6 Å². The molecule has 13 atom stereocenters. The molecule has 0 aromatic rings. The average molecular weight is 1320 g/mol. The van der Waals surface area contributed by atoms with Crippen LogP contribution >= 0.6 is 0 Å². The van der Waals surface area contributed by atoms with Crippen molar-refractivity contribution in [1.29, 1.82) is 0 Å². The lowest BCUT2D eigenvalue weighted by Crippen LogP contribution is -2.64. The zero-order chi connectivity index (χ0) is 72.0. The van der Waals surface area contributed by atoms with E-state index in [4.69, 9.17) is 0 Å². The summed E-state index contributed by atoms with van der Waals surface area (Å²) in [6.45, 7) is 28.8. The highest BCUT2D eigenvalue weighted by atomic mass is 16.3. The Labute approximate surface area is 555 Å². The van der Waals surface area contributed by atoms with E-state index in [0.29, 0.717) is 25.8 Å². The van der Waals surface area contributed by atoms with E-state index in [1.807, 2.05) is 55.4 Å². The highest BCUT2D eigenvalue weighted by molar-refractivity contribution is 6.00. The Bertz CT molecular complexity index is 2510. The number of aliphatic hydroxyl groups excluding tert-OH is 2. The molecule has 0 bridgehead atoms. The van der Waals surface area contributed by atoms with Crippen LogP contribution in [0.4, 0.5) is 0 Å². The van der Waals surface area contributed by atoms with Crippen molar-refractivity contribution in [3.8, 4) is 0 Å². The molecule has 1 fully saturated rings. The second-order valence-electron chi connectivity index (χ2n) is 28.4. The molecular weight excluding hydrogens is 1200 g/mol. The standard InChI is InChI=1S/C67H122N12O14/c1-25-47-62(88)77(22)52(36-80)65(91)73(18)49(33-38(4)5)59(85)72-53(41(10)11)66(92)74(19)48(32-37(2)3)58(84)69-44(15)57(83)70-45(16)61(87)75(20)50(34-39(6)7)63(89)76(21)51(35-40(8)9)64(90)78(23)54(42(12)13)67(93)79(24)55(60(86)71-47)56(82)43(14)30-28-26-27-29-31-68-46(17)81/h37-45,47-56,80,82H,25-36H2,1-24H3,(H,68,81)(H,69,84)(H,70,83)(H,71,86)(H,72,85)/t43-,44+,45-,47+,48+,49+,50+,51+,52-,53+,54+,55+,56-/m1/s1. The van der Waals surface area contributed by atoms with Crippen LogP contribution in [-0.4, -0.2) is 250 Å². The molecule has 0 spiro atoms. The van der Waals surface area contributed by atoms with Crippen molar-refractivity contribution in [3.05, 3.63) is 0 Å². The minimum Gasteiger partial charge on any atom is -0.394 e. The normalized spacial score (nSPS) is 26.3. The molecule has 534 valence electrons. The maximum Gasteiger partial charge on any atom is 0.248 e. The lowest BCUT2D eigenvalue weighted by Gasteiger charge is -2.41. The second-order valence-corrected chi connectivity index (χ2v) is 28.4. The van der Waals surface area contributed by atoms with Gasteiger partial charge in [-0.1, -0.05) is 116 Å². The molecule has 0 aliphatic carbocycles. The summed E-state index contributed by atoms with van der Waals surface area (Å²) < 4.78 is 0. The highest BCUT2D eigenvalue weighted by Gasteiger charge is 2.46. The van der Waals surface area contributed by atoms with Gasteiger partial charge in [0, 0.05) is 62.8 Å². The number of likely N-dealkylation sites (N-methyl/N-ethyl adjacent to an activating group) is 7. The van der Waals surface area contributed by atoms with Crippen molar-refractivity contribution >= 4 is 70.9 Å². The largest absolute Gasteiger partial charge is 0.394 e. The van der Waals surface area contributed by atoms with Gasteiger partial charge < -0.3 is 71.1 Å². The van der Waals surface area contributed by atoms with Gasteiger partial charge in [-0.15, -0.1) is 0 Å². The van der Waals surface area contributed by atoms with Gasteiger partial charge in [0.05, 0.1) is 12.7 Å². The van der Waals surface area contributed by atoms with E-state index < -0.39 is 162 Å². The van der Waals surface area contributed by atoms with Crippen LogP contribution in [0.2, 0.25) is 0 Å². The van der Waals surface area contributed by atoms with Crippen LogP contribution in [0.1, 0.15) is 182 Å². The van der Waals surface area contributed by atoms with Crippen molar-refractivity contribution in [2.75, 3.05) is 62.5 Å². The Morgan fingerprint density at radius 1 is 0.441 bits per heavy atom. The molecule has 1 aliphatic heterocycles. The van der Waals surface area contributed by atoms with Gasteiger partial charge in [-0.3, -0.25) is 57.5 Å². The fourth-order valence-electron chi connectivity index (χ4n) is 11.9. The number of carbonyl (C=O) groups is 12. The summed E-state index contributed by atoms with van der Waals surface area (Å²) in [4.78, 5) is 182. The van der Waals surface area contributed by atoms with Crippen LogP contribution in [0.25, 0.3) is 0 Å². The summed E-state index contributed by atoms with van der Waals surface area (Å²) in [5, 5.41) is 37.0. The molecule has 0 aromatic carbocycles. The Hall–Kier alpha value is -6.44. The quantitative estimate of drug-likeness (QED) is 0.0814. The van der Waals surface area contributed by atoms with Gasteiger partial charge in [0.1, 0.15) is 66.5 Å². The zero-order valence-corrected chi connectivity index (χ0v) is 60.9. The van der Waals surface area contributed by atoms with Crippen LogP contribution in [-0.2, 0) is 57.5 Å². The van der Waals surface area contributed by atoms with E-state index in [9.17, 15) is 48.6 Å². The number of nitrogens with zero attached hydrogens (tertiary/aromatic N) is 7. The predicted octanol–water partition coefficient (Wildman–Crippen LogP) is 2.75. The molecule has 1 heterocycles. The first-order valence-electron chi connectivity index (χ1n) is 33.7. The molecule has 0 saturated carbocycles. The molecule has 1 rings (SSSR count). The molecule has 26 heteroatoms. The lowest BCUT2D eigenvalue weighted by molar-refractivity contribution is -0.157. The Balaban J connectivity index is 4.41. The van der Waals surface area contributed by atoms with E-state index in [2.05, 4.69) is 26.6 Å². The molecule has 1 aliphatic rings. The van der Waals surface area contributed by atoms with Crippen molar-refractivity contribution < 1.29 is 67.7 Å². The van der Waals surface area contributed by atoms with Crippen LogP contribution in [0, 0.1) is 41.4 Å². The van der Waals surface area contributed by atoms with Crippen LogP contribution in [0.5, 0.6) is 0 Å². The van der Waals surface area contributed by atoms with Gasteiger partial charge in [0.25, 0.3) is 0 Å². The smallest absolute Gasteiger partial charge is 0.248 e. The first kappa shape index (κ1) is 84.6. The van der Waals surface area contributed by atoms with Gasteiger partial charge >= 0.3 is 0 Å². The number of amides is 12. The number of hydrogen-bond donors (Lipinski definition) is 7. The average Bonchev–Trinajstić information content (AvgIpc) is 0.833. The number of carbonyl (C=O) groups excluding carboxylic acids is 12. The van der Waals surface area contributed by atoms with E-state index in [1.54, 1.807) is 41.5 Å². The van der Waals surface area contributed by atoms with E-state index in [0.717, 1.165) is 27.5 Å². The monoisotopic (exact) mass is 1320 g/mol. The fraction of sp³-hybridized carbons (Fsp3) is 0.821. The summed E-state index contributed by atoms with van der Waals surface area (Å²) in [7, 11) is 9.64. The van der Waals surface area contributed by atoms with E-state index in [1.165, 1.54) is 89.7 Å². The SMILES string of the molecule is CC[C@@H]1NC(=O)[C@H]([C@H](O)[C@H](C)CCCCCCNC(C)=O)N(C)C(=O)[C@H](C(C)C)N(C)C(=O)[C@H](CC(C)C)N(C)C(=O)[C@H](CC(C)C)N(C)C(=O)[C@@H](C)NC(=O)[C@H](C)NC(=O)[C@H](CC(C)C)N(C)C(=O)[C@H](C(C)C)NC(=O)[C@H](CC(C)C)N(C)C(=O)[C@@H](CO)N(C)C1=O. The molecular formula is C67H122N12O14. The Morgan fingerprint density at radius 3 is 1.29 bits per heavy atom. The van der Waals surface area contributed by atoms with Crippen molar-refractivity contribution in [1.82, 2.24) is 60.9 Å². The van der Waals surface area contributed by atoms with Gasteiger partial charge in [-0.05, 0) is 100 Å². The minimum absolute atomic E-state index is 0.0615. The first-order chi connectivity index (χ1) is 43.0. The molecule has 7 N–H and O–H groups in total. The molecule has 0 aromatic heterocycles. The highest BCUT2D eigenvalue weighted by Crippen LogP contribution is 2.27. The lowest BCUT2D eigenvalue weighted by atomic mass is 9.90. The van der Waals surface area contributed by atoms with E-state index in [-0.39, 0.29) is 61.7 Å². The van der Waals surface area contributed by atoms with Crippen molar-refractivity contribution in [3.63, 3.8) is 0 Å². The molecule has 26 nitrogen and oxygen atoms in total. The predicted molar refractivity (Wildman–Crippen MR) is 357 cm³/mol. The number of unbranched alkanes of at least 4 members (excludes halogenated alkanes) is 3. The van der Waals surface area contributed by atoms with E-state index >= 15 is 19.2 Å². The molecule has 0 unspecified atom stereocenters. The molecule has 0 radical (unpaired) electrons. The minimum atomic E-state index is -1.69. The number of nitrogens with one attached hydrogen (secondary N) is 5. The topological polar surface area (TPSA) is 328 Å². The van der Waals surface area contributed by atoms with Gasteiger partial charge in [-0.25, -0.2) is 0 Å². The molecule has 93 heavy (non-hydrogen) atoms.